The Morgan fingerprint density at radius 3 is 2.13 bits per heavy atom. The number of rotatable bonds is 8. The number of benzene rings is 3. The standard InChI is InChI=1S/C24H24FNO4S/c1-17(2)30-21-12-8-19(9-13-21)24(27)26-16-23(18-6-4-3-5-7-18)31(28,29)22-14-10-20(25)11-15-22/h3-15,17,23H,16H2,1-2H3,(H,26,27). The molecule has 1 atom stereocenters. The van der Waals surface area contributed by atoms with Gasteiger partial charge in [-0.1, -0.05) is 30.3 Å². The van der Waals surface area contributed by atoms with Crippen molar-refractivity contribution in [1.29, 1.82) is 0 Å². The van der Waals surface area contributed by atoms with Crippen LogP contribution < -0.4 is 10.1 Å². The van der Waals surface area contributed by atoms with Gasteiger partial charge < -0.3 is 10.1 Å². The van der Waals surface area contributed by atoms with Crippen molar-refractivity contribution < 1.29 is 22.3 Å². The Kier molecular flexibility index (Phi) is 7.07. The van der Waals surface area contributed by atoms with Crippen molar-refractivity contribution in [2.24, 2.45) is 0 Å². The molecule has 162 valence electrons. The molecule has 5 nitrogen and oxygen atoms in total. The van der Waals surface area contributed by atoms with E-state index in [9.17, 15) is 17.6 Å². The zero-order valence-electron chi connectivity index (χ0n) is 17.3. The highest BCUT2D eigenvalue weighted by Gasteiger charge is 2.29. The summed E-state index contributed by atoms with van der Waals surface area (Å²) in [6.07, 6.45) is 0.0166. The maximum atomic E-state index is 13.3. The molecule has 0 saturated heterocycles. The van der Waals surface area contributed by atoms with E-state index in [-0.39, 0.29) is 17.5 Å². The van der Waals surface area contributed by atoms with Crippen molar-refractivity contribution in [3.8, 4) is 5.75 Å². The van der Waals surface area contributed by atoms with Gasteiger partial charge in [0.15, 0.2) is 9.84 Å². The highest BCUT2D eigenvalue weighted by molar-refractivity contribution is 7.91. The number of amides is 1. The molecular formula is C24H24FNO4S. The van der Waals surface area contributed by atoms with E-state index in [0.29, 0.717) is 16.9 Å². The molecule has 0 saturated carbocycles. The quantitative estimate of drug-likeness (QED) is 0.520. The molecule has 0 radical (unpaired) electrons. The van der Waals surface area contributed by atoms with Gasteiger partial charge in [-0.25, -0.2) is 12.8 Å². The molecule has 3 aromatic rings. The summed E-state index contributed by atoms with van der Waals surface area (Å²) in [6.45, 7) is 3.69. The molecule has 1 N–H and O–H groups in total. The van der Waals surface area contributed by atoms with Gasteiger partial charge in [-0.15, -0.1) is 0 Å². The second-order valence-electron chi connectivity index (χ2n) is 7.30. The summed E-state index contributed by atoms with van der Waals surface area (Å²) >= 11 is 0. The van der Waals surface area contributed by atoms with E-state index in [4.69, 9.17) is 4.74 Å². The lowest BCUT2D eigenvalue weighted by Crippen LogP contribution is -2.32. The molecule has 0 heterocycles. The summed E-state index contributed by atoms with van der Waals surface area (Å²) in [5.41, 5.74) is 0.926. The van der Waals surface area contributed by atoms with Crippen LogP contribution in [0.1, 0.15) is 35.0 Å². The van der Waals surface area contributed by atoms with Crippen LogP contribution in [0.25, 0.3) is 0 Å². The largest absolute Gasteiger partial charge is 0.491 e. The average Bonchev–Trinajstić information content (AvgIpc) is 2.75. The molecule has 7 heteroatoms. The minimum absolute atomic E-state index is 0.00723. The molecule has 3 rings (SSSR count). The Bertz CT molecular complexity index is 1110. The molecule has 0 bridgehead atoms. The predicted octanol–water partition coefficient (Wildman–Crippen LogP) is 4.56. The zero-order chi connectivity index (χ0) is 22.4. The fourth-order valence-electron chi connectivity index (χ4n) is 3.11. The van der Waals surface area contributed by atoms with Crippen molar-refractivity contribution in [3.05, 3.63) is 95.8 Å². The maximum Gasteiger partial charge on any atom is 0.251 e. The topological polar surface area (TPSA) is 72.5 Å². The highest BCUT2D eigenvalue weighted by atomic mass is 32.2. The lowest BCUT2D eigenvalue weighted by Gasteiger charge is -2.19. The second-order valence-corrected chi connectivity index (χ2v) is 9.43. The molecule has 0 fully saturated rings. The normalized spacial score (nSPS) is 12.4. The number of carbonyl (C=O) groups is 1. The first-order valence-electron chi connectivity index (χ1n) is 9.86. The van der Waals surface area contributed by atoms with Crippen molar-refractivity contribution in [1.82, 2.24) is 5.32 Å². The fraction of sp³-hybridized carbons (Fsp3) is 0.208. The van der Waals surface area contributed by atoms with Crippen molar-refractivity contribution in [3.63, 3.8) is 0 Å². The Morgan fingerprint density at radius 1 is 0.935 bits per heavy atom. The molecule has 0 aliphatic heterocycles. The average molecular weight is 442 g/mol. The number of ether oxygens (including phenoxy) is 1. The van der Waals surface area contributed by atoms with Gasteiger partial charge in [0.25, 0.3) is 5.91 Å². The predicted molar refractivity (Wildman–Crippen MR) is 117 cm³/mol. The SMILES string of the molecule is CC(C)Oc1ccc(C(=O)NCC(c2ccccc2)S(=O)(=O)c2ccc(F)cc2)cc1. The van der Waals surface area contributed by atoms with Gasteiger partial charge in [-0.05, 0) is 67.9 Å². The van der Waals surface area contributed by atoms with Gasteiger partial charge in [-0.2, -0.15) is 0 Å². The lowest BCUT2D eigenvalue weighted by molar-refractivity contribution is 0.0953. The Balaban J connectivity index is 1.81. The van der Waals surface area contributed by atoms with Crippen LogP contribution in [0, 0.1) is 5.82 Å². The van der Waals surface area contributed by atoms with Gasteiger partial charge in [-0.3, -0.25) is 4.79 Å². The summed E-state index contributed by atoms with van der Waals surface area (Å²) in [4.78, 5) is 12.6. The van der Waals surface area contributed by atoms with Crippen molar-refractivity contribution in [2.75, 3.05) is 6.54 Å². The van der Waals surface area contributed by atoms with Crippen LogP contribution in [0.3, 0.4) is 0 Å². The molecule has 0 spiro atoms. The van der Waals surface area contributed by atoms with E-state index in [2.05, 4.69) is 5.32 Å². The second kappa shape index (κ2) is 9.75. The van der Waals surface area contributed by atoms with Gasteiger partial charge in [0, 0.05) is 12.1 Å². The van der Waals surface area contributed by atoms with E-state index < -0.39 is 26.8 Å². The van der Waals surface area contributed by atoms with Crippen LogP contribution in [0.5, 0.6) is 5.75 Å². The Labute approximate surface area is 181 Å². The zero-order valence-corrected chi connectivity index (χ0v) is 18.1. The number of hydrogen-bond acceptors (Lipinski definition) is 4. The molecule has 0 aliphatic rings. The van der Waals surface area contributed by atoms with E-state index in [0.717, 1.165) is 12.1 Å². The third-order valence-electron chi connectivity index (χ3n) is 4.62. The van der Waals surface area contributed by atoms with Crippen LogP contribution in [-0.2, 0) is 9.84 Å². The molecule has 31 heavy (non-hydrogen) atoms. The summed E-state index contributed by atoms with van der Waals surface area (Å²) < 4.78 is 45.3. The Morgan fingerprint density at radius 2 is 1.55 bits per heavy atom. The van der Waals surface area contributed by atoms with Crippen LogP contribution in [0.4, 0.5) is 4.39 Å². The third kappa shape index (κ3) is 5.70. The molecule has 0 aliphatic carbocycles. The van der Waals surface area contributed by atoms with Crippen LogP contribution >= 0.6 is 0 Å². The smallest absolute Gasteiger partial charge is 0.251 e. The third-order valence-corrected chi connectivity index (χ3v) is 6.74. The van der Waals surface area contributed by atoms with Crippen LogP contribution in [-0.4, -0.2) is 27.0 Å². The molecular weight excluding hydrogens is 417 g/mol. The summed E-state index contributed by atoms with van der Waals surface area (Å²) in [7, 11) is -3.87. The number of carbonyl (C=O) groups excluding carboxylic acids is 1. The number of halogens is 1. The van der Waals surface area contributed by atoms with E-state index in [1.807, 2.05) is 13.8 Å². The highest BCUT2D eigenvalue weighted by Crippen LogP contribution is 2.28. The van der Waals surface area contributed by atoms with Gasteiger partial charge in [0.2, 0.25) is 0 Å². The Hall–Kier alpha value is -3.19. The number of hydrogen-bond donors (Lipinski definition) is 1. The van der Waals surface area contributed by atoms with Crippen molar-refractivity contribution >= 4 is 15.7 Å². The fourth-order valence-corrected chi connectivity index (χ4v) is 4.77. The van der Waals surface area contributed by atoms with E-state index in [1.54, 1.807) is 54.6 Å². The van der Waals surface area contributed by atoms with Crippen LogP contribution in [0.2, 0.25) is 0 Å². The maximum absolute atomic E-state index is 13.3. The summed E-state index contributed by atoms with van der Waals surface area (Å²) in [6, 6.07) is 19.9. The molecule has 1 amide bonds. The van der Waals surface area contributed by atoms with Gasteiger partial charge in [0.05, 0.1) is 11.0 Å². The van der Waals surface area contributed by atoms with Gasteiger partial charge in [0.1, 0.15) is 16.8 Å². The van der Waals surface area contributed by atoms with E-state index >= 15 is 0 Å². The number of sulfone groups is 1. The van der Waals surface area contributed by atoms with Crippen molar-refractivity contribution in [2.45, 2.75) is 30.1 Å². The molecule has 1 unspecified atom stereocenters. The summed E-state index contributed by atoms with van der Waals surface area (Å²) in [5, 5.41) is 1.69. The number of nitrogens with one attached hydrogen (secondary N) is 1. The monoisotopic (exact) mass is 441 g/mol. The first-order valence-corrected chi connectivity index (χ1v) is 11.4. The molecule has 3 aromatic carbocycles. The lowest BCUT2D eigenvalue weighted by atomic mass is 10.1. The van der Waals surface area contributed by atoms with Gasteiger partial charge >= 0.3 is 0 Å². The van der Waals surface area contributed by atoms with Crippen LogP contribution in [0.15, 0.2) is 83.8 Å². The first kappa shape index (κ1) is 22.5. The summed E-state index contributed by atoms with van der Waals surface area (Å²) in [5.74, 6) is -0.271. The first-order chi connectivity index (χ1) is 14.8. The minimum Gasteiger partial charge on any atom is -0.491 e. The van der Waals surface area contributed by atoms with E-state index in [1.165, 1.54) is 12.1 Å². The minimum atomic E-state index is -3.87. The molecule has 0 aromatic heterocycles.